The van der Waals surface area contributed by atoms with Crippen LogP contribution in [0.5, 0.6) is 0 Å². The first-order valence-electron chi connectivity index (χ1n) is 14.4. The zero-order valence-electron chi connectivity index (χ0n) is 24.4. The molecular formula is C34H38N4O4. The molecule has 1 atom stereocenters. The molecule has 0 spiro atoms. The molecule has 0 bridgehead atoms. The Morgan fingerprint density at radius 1 is 0.976 bits per heavy atom. The first-order chi connectivity index (χ1) is 20.4. The van der Waals surface area contributed by atoms with Crippen molar-refractivity contribution < 1.29 is 19.4 Å². The van der Waals surface area contributed by atoms with Crippen LogP contribution in [0.15, 0.2) is 89.9 Å². The standard InChI is InChI=1S/C34H38N4O4/c1-4-37(5-2)32(39)25-16-18-29(19-17-25)36-31(30(24-35)33(40)42-3)38-22-20-28(21-23-38)34(41,26-12-8-6-9-13-26)27-14-10-7-11-15-27/h6-19,28,30,41H,4-5,20-23H2,1-3H3. The summed E-state index contributed by atoms with van der Waals surface area (Å²) in [6.07, 6.45) is 1.21. The third-order valence-electron chi connectivity index (χ3n) is 8.07. The maximum absolute atomic E-state index is 12.7. The van der Waals surface area contributed by atoms with E-state index >= 15 is 0 Å². The molecule has 4 rings (SSSR count). The van der Waals surface area contributed by atoms with E-state index in [1.165, 1.54) is 7.11 Å². The van der Waals surface area contributed by atoms with Gasteiger partial charge in [0.05, 0.1) is 18.9 Å². The number of nitriles is 1. The molecule has 1 saturated heterocycles. The van der Waals surface area contributed by atoms with Gasteiger partial charge in [0.15, 0.2) is 0 Å². The number of aliphatic imine (C=N–C) groups is 1. The van der Waals surface area contributed by atoms with Gasteiger partial charge in [-0.05, 0) is 68.0 Å². The Morgan fingerprint density at radius 2 is 1.50 bits per heavy atom. The summed E-state index contributed by atoms with van der Waals surface area (Å²) in [4.78, 5) is 33.8. The van der Waals surface area contributed by atoms with Crippen molar-refractivity contribution in [1.82, 2.24) is 9.80 Å². The number of likely N-dealkylation sites (tertiary alicyclic amines) is 1. The van der Waals surface area contributed by atoms with E-state index in [2.05, 4.69) is 6.07 Å². The summed E-state index contributed by atoms with van der Waals surface area (Å²) in [6, 6.07) is 28.3. The van der Waals surface area contributed by atoms with Crippen molar-refractivity contribution in [2.75, 3.05) is 33.3 Å². The van der Waals surface area contributed by atoms with E-state index in [1.54, 1.807) is 29.2 Å². The normalized spacial score (nSPS) is 15.0. The largest absolute Gasteiger partial charge is 0.468 e. The summed E-state index contributed by atoms with van der Waals surface area (Å²) in [7, 11) is 1.25. The highest BCUT2D eigenvalue weighted by Crippen LogP contribution is 2.42. The second-order valence-corrected chi connectivity index (χ2v) is 10.3. The molecule has 3 aromatic carbocycles. The number of piperidine rings is 1. The number of esters is 1. The highest BCUT2D eigenvalue weighted by Gasteiger charge is 2.43. The minimum Gasteiger partial charge on any atom is -0.468 e. The van der Waals surface area contributed by atoms with E-state index in [-0.39, 0.29) is 11.8 Å². The first-order valence-corrected chi connectivity index (χ1v) is 14.4. The van der Waals surface area contributed by atoms with Crippen LogP contribution < -0.4 is 0 Å². The van der Waals surface area contributed by atoms with Crippen molar-refractivity contribution in [3.63, 3.8) is 0 Å². The Hall–Kier alpha value is -4.48. The quantitative estimate of drug-likeness (QED) is 0.218. The lowest BCUT2D eigenvalue weighted by Crippen LogP contribution is -2.48. The number of nitrogens with zero attached hydrogens (tertiary/aromatic N) is 4. The Kier molecular flexibility index (Phi) is 10.1. The fraction of sp³-hybridized carbons (Fsp3) is 0.353. The van der Waals surface area contributed by atoms with Crippen LogP contribution in [0.1, 0.15) is 48.2 Å². The number of benzene rings is 3. The molecule has 0 aromatic heterocycles. The molecule has 1 aliphatic heterocycles. The van der Waals surface area contributed by atoms with Gasteiger partial charge in [-0.3, -0.25) is 9.59 Å². The Balaban J connectivity index is 1.63. The molecule has 0 aliphatic carbocycles. The number of amidine groups is 1. The molecule has 42 heavy (non-hydrogen) atoms. The van der Waals surface area contributed by atoms with E-state index in [0.717, 1.165) is 11.1 Å². The Morgan fingerprint density at radius 3 is 1.95 bits per heavy atom. The van der Waals surface area contributed by atoms with Crippen LogP contribution >= 0.6 is 0 Å². The van der Waals surface area contributed by atoms with E-state index in [4.69, 9.17) is 9.73 Å². The lowest BCUT2D eigenvalue weighted by molar-refractivity contribution is -0.141. The molecule has 0 radical (unpaired) electrons. The first kappa shape index (κ1) is 30.5. The number of rotatable bonds is 9. The smallest absolute Gasteiger partial charge is 0.330 e. The van der Waals surface area contributed by atoms with Gasteiger partial charge in [0.25, 0.3) is 5.91 Å². The second kappa shape index (κ2) is 13.9. The van der Waals surface area contributed by atoms with Crippen molar-refractivity contribution in [3.05, 3.63) is 102 Å². The van der Waals surface area contributed by atoms with Crippen LogP contribution in [0, 0.1) is 23.2 Å². The predicted octanol–water partition coefficient (Wildman–Crippen LogP) is 5.16. The topological polar surface area (TPSA) is 106 Å². The summed E-state index contributed by atoms with van der Waals surface area (Å²) in [5.41, 5.74) is 1.53. The van der Waals surface area contributed by atoms with Crippen LogP contribution in [0.25, 0.3) is 0 Å². The summed E-state index contributed by atoms with van der Waals surface area (Å²) in [6.45, 7) is 6.07. The molecule has 1 heterocycles. The van der Waals surface area contributed by atoms with Gasteiger partial charge in [0, 0.05) is 31.7 Å². The van der Waals surface area contributed by atoms with Crippen LogP contribution in [0.3, 0.4) is 0 Å². The van der Waals surface area contributed by atoms with E-state index in [9.17, 15) is 20.0 Å². The van der Waals surface area contributed by atoms with Crippen molar-refractivity contribution in [3.8, 4) is 6.07 Å². The summed E-state index contributed by atoms with van der Waals surface area (Å²) in [5, 5.41) is 22.2. The van der Waals surface area contributed by atoms with Crippen molar-refractivity contribution in [2.24, 2.45) is 16.8 Å². The van der Waals surface area contributed by atoms with Crippen LogP contribution in [-0.4, -0.2) is 65.9 Å². The summed E-state index contributed by atoms with van der Waals surface area (Å²) < 4.78 is 4.95. The summed E-state index contributed by atoms with van der Waals surface area (Å²) >= 11 is 0. The molecule has 3 aromatic rings. The molecule has 0 saturated carbocycles. The number of aliphatic hydroxyl groups is 1. The molecule has 1 amide bonds. The molecule has 8 heteroatoms. The molecule has 1 unspecified atom stereocenters. The van der Waals surface area contributed by atoms with Gasteiger partial charge < -0.3 is 19.6 Å². The molecule has 1 fully saturated rings. The molecule has 1 aliphatic rings. The highest BCUT2D eigenvalue weighted by atomic mass is 16.5. The van der Waals surface area contributed by atoms with Gasteiger partial charge in [0.1, 0.15) is 11.4 Å². The fourth-order valence-corrected chi connectivity index (χ4v) is 5.70. The minimum atomic E-state index is -1.22. The minimum absolute atomic E-state index is 0.0633. The molecule has 218 valence electrons. The third kappa shape index (κ3) is 6.37. The van der Waals surface area contributed by atoms with Gasteiger partial charge >= 0.3 is 5.97 Å². The zero-order valence-corrected chi connectivity index (χ0v) is 24.4. The predicted molar refractivity (Wildman–Crippen MR) is 162 cm³/mol. The van der Waals surface area contributed by atoms with Gasteiger partial charge in [0.2, 0.25) is 5.92 Å². The van der Waals surface area contributed by atoms with Crippen LogP contribution in [0.4, 0.5) is 5.69 Å². The maximum Gasteiger partial charge on any atom is 0.330 e. The lowest BCUT2D eigenvalue weighted by atomic mass is 9.72. The van der Waals surface area contributed by atoms with Crippen molar-refractivity contribution in [2.45, 2.75) is 32.3 Å². The number of hydrogen-bond acceptors (Lipinski definition) is 6. The lowest BCUT2D eigenvalue weighted by Gasteiger charge is -2.43. The van der Waals surface area contributed by atoms with Crippen molar-refractivity contribution >= 4 is 23.4 Å². The van der Waals surface area contributed by atoms with Crippen molar-refractivity contribution in [1.29, 1.82) is 5.26 Å². The van der Waals surface area contributed by atoms with Crippen LogP contribution in [-0.2, 0) is 15.1 Å². The average molecular weight is 567 g/mol. The van der Waals surface area contributed by atoms with E-state index in [0.29, 0.717) is 56.1 Å². The average Bonchev–Trinajstić information content (AvgIpc) is 3.05. The number of carbonyl (C=O) groups excluding carboxylic acids is 2. The monoisotopic (exact) mass is 566 g/mol. The van der Waals surface area contributed by atoms with E-state index in [1.807, 2.05) is 79.4 Å². The van der Waals surface area contributed by atoms with E-state index < -0.39 is 17.5 Å². The van der Waals surface area contributed by atoms with Gasteiger partial charge in [-0.1, -0.05) is 60.7 Å². The number of amides is 1. The SMILES string of the molecule is CCN(CC)C(=O)c1ccc(N=C(C(C#N)C(=O)OC)N2CCC(C(O)(c3ccccc3)c3ccccc3)CC2)cc1. The number of ether oxygens (including phenoxy) is 1. The number of hydrogen-bond donors (Lipinski definition) is 1. The number of carbonyl (C=O) groups is 2. The Bertz CT molecular complexity index is 1370. The van der Waals surface area contributed by atoms with Gasteiger partial charge in [-0.2, -0.15) is 5.26 Å². The van der Waals surface area contributed by atoms with Gasteiger partial charge in [-0.25, -0.2) is 4.99 Å². The second-order valence-electron chi connectivity index (χ2n) is 10.3. The zero-order chi connectivity index (χ0) is 30.1. The third-order valence-corrected chi connectivity index (χ3v) is 8.07. The fourth-order valence-electron chi connectivity index (χ4n) is 5.70. The molecule has 1 N–H and O–H groups in total. The maximum atomic E-state index is 12.7. The van der Waals surface area contributed by atoms with Crippen LogP contribution in [0.2, 0.25) is 0 Å². The molecule has 8 nitrogen and oxygen atoms in total. The Labute approximate surface area is 247 Å². The van der Waals surface area contributed by atoms with Gasteiger partial charge in [-0.15, -0.1) is 0 Å². The summed E-state index contributed by atoms with van der Waals surface area (Å²) in [5.74, 6) is -1.77. The molecular weight excluding hydrogens is 528 g/mol. The number of methoxy groups -OCH3 is 1. The highest BCUT2D eigenvalue weighted by molar-refractivity contribution is 6.04.